The molecule has 0 radical (unpaired) electrons. The van der Waals surface area contributed by atoms with Gasteiger partial charge in [-0.3, -0.25) is 10.1 Å². The van der Waals surface area contributed by atoms with Gasteiger partial charge in [0.15, 0.2) is 0 Å². The second-order valence-corrected chi connectivity index (χ2v) is 4.26. The number of rotatable bonds is 9. The van der Waals surface area contributed by atoms with Gasteiger partial charge in [0.05, 0.1) is 4.92 Å². The fraction of sp³-hybridized carbons (Fsp3) is 0.333. The summed E-state index contributed by atoms with van der Waals surface area (Å²) in [6, 6.07) is 6.77. The summed E-state index contributed by atoms with van der Waals surface area (Å²) in [7, 11) is 0. The molecule has 0 bridgehead atoms. The van der Waals surface area contributed by atoms with Gasteiger partial charge in [0.25, 0.3) is 5.69 Å². The molecule has 20 heavy (non-hydrogen) atoms. The zero-order valence-corrected chi connectivity index (χ0v) is 11.8. The summed E-state index contributed by atoms with van der Waals surface area (Å²) in [5.41, 5.74) is 1.87. The maximum atomic E-state index is 10.9. The number of hydrogen-bond acceptors (Lipinski definition) is 4. The van der Waals surface area contributed by atoms with Crippen molar-refractivity contribution >= 4 is 5.69 Å². The molecule has 0 unspecified atom stereocenters. The van der Waals surface area contributed by atoms with Crippen molar-refractivity contribution in [1.82, 2.24) is 10.6 Å². The largest absolute Gasteiger partial charge is 0.384 e. The maximum Gasteiger partial charge on any atom is 0.273 e. The van der Waals surface area contributed by atoms with Crippen LogP contribution in [0.4, 0.5) is 5.69 Å². The van der Waals surface area contributed by atoms with Crippen LogP contribution in [0.3, 0.4) is 0 Å². The Morgan fingerprint density at radius 2 is 2.15 bits per heavy atom. The van der Waals surface area contributed by atoms with Gasteiger partial charge in [-0.25, -0.2) is 0 Å². The van der Waals surface area contributed by atoms with Crippen LogP contribution in [0, 0.1) is 10.1 Å². The molecule has 1 rings (SSSR count). The summed E-state index contributed by atoms with van der Waals surface area (Å²) >= 11 is 0. The molecule has 5 heteroatoms. The molecular formula is C15H21N3O2. The quantitative estimate of drug-likeness (QED) is 0.315. The molecule has 0 aliphatic heterocycles. The van der Waals surface area contributed by atoms with Gasteiger partial charge in [0, 0.05) is 37.0 Å². The summed E-state index contributed by atoms with van der Waals surface area (Å²) < 4.78 is 0. The van der Waals surface area contributed by atoms with E-state index < -0.39 is 0 Å². The third-order valence-electron chi connectivity index (χ3n) is 2.78. The monoisotopic (exact) mass is 275 g/mol. The summed E-state index contributed by atoms with van der Waals surface area (Å²) in [5.74, 6) is 0. The van der Waals surface area contributed by atoms with Crippen molar-refractivity contribution < 1.29 is 4.92 Å². The van der Waals surface area contributed by atoms with Gasteiger partial charge in [-0.2, -0.15) is 0 Å². The number of benzene rings is 1. The molecule has 0 aromatic heterocycles. The van der Waals surface area contributed by atoms with Crippen LogP contribution < -0.4 is 10.6 Å². The normalized spacial score (nSPS) is 11.2. The number of allylic oxidation sites excluding steroid dienone is 2. The molecule has 2 N–H and O–H groups in total. The summed E-state index contributed by atoms with van der Waals surface area (Å²) in [6.07, 6.45) is 4.80. The molecule has 0 aliphatic rings. The minimum Gasteiger partial charge on any atom is -0.384 e. The summed E-state index contributed by atoms with van der Waals surface area (Å²) in [6.45, 7) is 7.76. The molecule has 5 nitrogen and oxygen atoms in total. The first kappa shape index (κ1) is 15.9. The summed E-state index contributed by atoms with van der Waals surface area (Å²) in [5, 5.41) is 17.3. The highest BCUT2D eigenvalue weighted by Crippen LogP contribution is 2.16. The molecule has 0 saturated carbocycles. The zero-order chi connectivity index (χ0) is 14.8. The van der Waals surface area contributed by atoms with E-state index in [9.17, 15) is 10.1 Å². The first-order chi connectivity index (χ1) is 9.69. The van der Waals surface area contributed by atoms with Crippen LogP contribution in [0.1, 0.15) is 18.9 Å². The lowest BCUT2D eigenvalue weighted by molar-refractivity contribution is -0.385. The number of nitro benzene ring substituents is 1. The van der Waals surface area contributed by atoms with E-state index in [-0.39, 0.29) is 10.6 Å². The fourth-order valence-corrected chi connectivity index (χ4v) is 1.80. The van der Waals surface area contributed by atoms with E-state index in [1.54, 1.807) is 18.2 Å². The molecule has 108 valence electrons. The lowest BCUT2D eigenvalue weighted by atomic mass is 10.2. The second-order valence-electron chi connectivity index (χ2n) is 4.26. The predicted molar refractivity (Wildman–Crippen MR) is 81.4 cm³/mol. The van der Waals surface area contributed by atoms with Gasteiger partial charge >= 0.3 is 0 Å². The summed E-state index contributed by atoms with van der Waals surface area (Å²) in [4.78, 5) is 10.5. The Balaban J connectivity index is 2.37. The molecule has 0 fully saturated rings. The van der Waals surface area contributed by atoms with Crippen molar-refractivity contribution in [2.45, 2.75) is 19.9 Å². The Hall–Kier alpha value is -2.14. The molecular weight excluding hydrogens is 254 g/mol. The minimum absolute atomic E-state index is 0.158. The molecule has 0 heterocycles. The second kappa shape index (κ2) is 8.87. The number of para-hydroxylation sites is 1. The van der Waals surface area contributed by atoms with E-state index in [2.05, 4.69) is 30.2 Å². The first-order valence-electron chi connectivity index (χ1n) is 6.68. The van der Waals surface area contributed by atoms with Crippen LogP contribution in [0.2, 0.25) is 0 Å². The average Bonchev–Trinajstić information content (AvgIpc) is 2.46. The Bertz CT molecular complexity index is 484. The lowest BCUT2D eigenvalue weighted by Gasteiger charge is -2.08. The van der Waals surface area contributed by atoms with Gasteiger partial charge in [0.2, 0.25) is 0 Å². The van der Waals surface area contributed by atoms with E-state index in [1.165, 1.54) is 6.07 Å². The van der Waals surface area contributed by atoms with E-state index in [0.29, 0.717) is 12.1 Å². The van der Waals surface area contributed by atoms with Crippen molar-refractivity contribution in [2.75, 3.05) is 13.1 Å². The van der Waals surface area contributed by atoms with Crippen molar-refractivity contribution in [3.8, 4) is 0 Å². The third-order valence-corrected chi connectivity index (χ3v) is 2.78. The van der Waals surface area contributed by atoms with Crippen LogP contribution in [-0.2, 0) is 6.54 Å². The fourth-order valence-electron chi connectivity index (χ4n) is 1.80. The van der Waals surface area contributed by atoms with E-state index in [4.69, 9.17) is 0 Å². The van der Waals surface area contributed by atoms with Gasteiger partial charge in [-0.15, -0.1) is 0 Å². The van der Waals surface area contributed by atoms with Gasteiger partial charge in [-0.1, -0.05) is 37.8 Å². The van der Waals surface area contributed by atoms with Crippen LogP contribution >= 0.6 is 0 Å². The zero-order valence-electron chi connectivity index (χ0n) is 11.8. The van der Waals surface area contributed by atoms with E-state index in [1.807, 2.05) is 6.07 Å². The van der Waals surface area contributed by atoms with Crippen molar-refractivity contribution in [1.29, 1.82) is 0 Å². The lowest BCUT2D eigenvalue weighted by Crippen LogP contribution is -2.26. The maximum absolute atomic E-state index is 10.9. The number of nitrogens with one attached hydrogen (secondary N) is 2. The number of nitrogens with zero attached hydrogens (tertiary/aromatic N) is 1. The highest BCUT2D eigenvalue weighted by atomic mass is 16.6. The molecule has 0 spiro atoms. The minimum atomic E-state index is -0.352. The molecule has 1 aromatic carbocycles. The topological polar surface area (TPSA) is 67.2 Å². The van der Waals surface area contributed by atoms with Crippen molar-refractivity contribution in [3.05, 3.63) is 64.4 Å². The average molecular weight is 275 g/mol. The Morgan fingerprint density at radius 3 is 2.80 bits per heavy atom. The number of hydrogen-bond donors (Lipinski definition) is 2. The Labute approximate surface area is 119 Å². The van der Waals surface area contributed by atoms with E-state index >= 15 is 0 Å². The molecule has 0 atom stereocenters. The molecule has 0 aliphatic carbocycles. The van der Waals surface area contributed by atoms with Gasteiger partial charge in [0.1, 0.15) is 0 Å². The molecule has 0 saturated heterocycles. The van der Waals surface area contributed by atoms with Crippen LogP contribution in [-0.4, -0.2) is 18.0 Å². The van der Waals surface area contributed by atoms with E-state index in [0.717, 1.165) is 25.2 Å². The van der Waals surface area contributed by atoms with Gasteiger partial charge < -0.3 is 10.6 Å². The van der Waals surface area contributed by atoms with Crippen LogP contribution in [0.15, 0.2) is 48.7 Å². The SMILES string of the molecule is C=C/C(=C\CC)NCCNCc1ccccc1[N+](=O)[O-]. The van der Waals surface area contributed by atoms with Crippen LogP contribution in [0.25, 0.3) is 0 Å². The highest BCUT2D eigenvalue weighted by Gasteiger charge is 2.10. The predicted octanol–water partition coefficient (Wildman–Crippen LogP) is 2.75. The van der Waals surface area contributed by atoms with Crippen molar-refractivity contribution in [2.24, 2.45) is 0 Å². The number of nitro groups is 1. The molecule has 0 amide bonds. The van der Waals surface area contributed by atoms with Crippen molar-refractivity contribution in [3.63, 3.8) is 0 Å². The molecule has 1 aromatic rings. The smallest absolute Gasteiger partial charge is 0.273 e. The standard InChI is InChI=1S/C15H21N3O2/c1-3-7-14(4-2)17-11-10-16-12-13-8-5-6-9-15(13)18(19)20/h4-9,16-17H,2-3,10-12H2,1H3/b14-7+. The Kier molecular flexibility index (Phi) is 7.06. The Morgan fingerprint density at radius 1 is 1.40 bits per heavy atom. The first-order valence-corrected chi connectivity index (χ1v) is 6.68. The van der Waals surface area contributed by atoms with Crippen LogP contribution in [0.5, 0.6) is 0 Å². The third kappa shape index (κ3) is 5.24. The van der Waals surface area contributed by atoms with Gasteiger partial charge in [-0.05, 0) is 12.5 Å². The highest BCUT2D eigenvalue weighted by molar-refractivity contribution is 5.39.